The molecule has 17 heavy (non-hydrogen) atoms. The zero-order valence-corrected chi connectivity index (χ0v) is 9.30. The molecule has 1 aromatic carbocycles. The molecule has 2 N–H and O–H groups in total. The summed E-state index contributed by atoms with van der Waals surface area (Å²) in [6, 6.07) is 9.77. The number of nitriles is 1. The first-order chi connectivity index (χ1) is 8.35. The van der Waals surface area contributed by atoms with E-state index in [4.69, 9.17) is 10.1 Å². The summed E-state index contributed by atoms with van der Waals surface area (Å²) < 4.78 is 0. The molecule has 0 atom stereocenters. The Bertz CT molecular complexity index is 467. The molecule has 1 heterocycles. The molecule has 0 aliphatic carbocycles. The van der Waals surface area contributed by atoms with Gasteiger partial charge in [-0.15, -0.1) is 5.53 Å². The minimum atomic E-state index is 0.105. The van der Waals surface area contributed by atoms with Crippen LogP contribution in [0.4, 0.5) is 11.4 Å². The van der Waals surface area contributed by atoms with Crippen LogP contribution in [0.3, 0.4) is 0 Å². The van der Waals surface area contributed by atoms with Crippen molar-refractivity contribution in [2.45, 2.75) is 0 Å². The van der Waals surface area contributed by atoms with Crippen molar-refractivity contribution in [2.75, 3.05) is 24.2 Å². The summed E-state index contributed by atoms with van der Waals surface area (Å²) in [6.45, 7) is 0.105. The van der Waals surface area contributed by atoms with E-state index in [1.165, 1.54) is 7.11 Å². The number of hydrogen-bond acceptors (Lipinski definition) is 6. The molecule has 2 rings (SSSR count). The van der Waals surface area contributed by atoms with Crippen molar-refractivity contribution in [3.63, 3.8) is 0 Å². The minimum Gasteiger partial charge on any atom is -0.301 e. The number of benzene rings is 1. The number of fused-ring (bicyclic) bond motifs is 1. The highest BCUT2D eigenvalue weighted by Gasteiger charge is 2.16. The van der Waals surface area contributed by atoms with Gasteiger partial charge >= 0.3 is 0 Å². The van der Waals surface area contributed by atoms with Gasteiger partial charge in [0, 0.05) is 6.20 Å². The Balaban J connectivity index is 2.15. The lowest BCUT2D eigenvalue weighted by Crippen LogP contribution is -2.31. The number of hydrazine groups is 2. The molecule has 6 heteroatoms. The fourth-order valence-electron chi connectivity index (χ4n) is 1.45. The van der Waals surface area contributed by atoms with Crippen molar-refractivity contribution >= 4 is 11.4 Å². The van der Waals surface area contributed by atoms with Crippen LogP contribution in [0.1, 0.15) is 0 Å². The fourth-order valence-corrected chi connectivity index (χ4v) is 1.45. The molecule has 0 aromatic heterocycles. The summed E-state index contributed by atoms with van der Waals surface area (Å²) in [6.07, 6.45) is 1.65. The molecule has 0 bridgehead atoms. The van der Waals surface area contributed by atoms with Crippen LogP contribution in [-0.4, -0.2) is 13.7 Å². The van der Waals surface area contributed by atoms with Crippen LogP contribution < -0.4 is 16.0 Å². The molecule has 1 aliphatic heterocycles. The predicted octanol–water partition coefficient (Wildman–Crippen LogP) is 1.32. The van der Waals surface area contributed by atoms with E-state index in [9.17, 15) is 0 Å². The summed E-state index contributed by atoms with van der Waals surface area (Å²) in [5.74, 6) is 0. The summed E-state index contributed by atoms with van der Waals surface area (Å²) >= 11 is 0. The maximum Gasteiger partial charge on any atom is 0.119 e. The smallest absolute Gasteiger partial charge is 0.119 e. The van der Waals surface area contributed by atoms with Gasteiger partial charge in [-0.2, -0.15) is 5.26 Å². The summed E-state index contributed by atoms with van der Waals surface area (Å²) in [4.78, 5) is 9.18. The third kappa shape index (κ3) is 2.54. The molecule has 88 valence electrons. The van der Waals surface area contributed by atoms with Gasteiger partial charge in [-0.05, 0) is 12.1 Å². The first-order valence-electron chi connectivity index (χ1n) is 5.01. The molecule has 0 fully saturated rings. The summed E-state index contributed by atoms with van der Waals surface area (Å²) in [7, 11) is 1.40. The maximum absolute atomic E-state index is 8.93. The Labute approximate surface area is 98.9 Å². The normalized spacial score (nSPS) is 14.1. The van der Waals surface area contributed by atoms with Crippen molar-refractivity contribution < 1.29 is 9.78 Å². The molecular formula is C11H12N4O2. The third-order valence-electron chi connectivity index (χ3n) is 2.24. The molecular weight excluding hydrogens is 220 g/mol. The molecule has 0 saturated heterocycles. The van der Waals surface area contributed by atoms with Gasteiger partial charge < -0.3 is 5.43 Å². The molecule has 0 unspecified atom stereocenters. The number of anilines is 2. The average molecular weight is 232 g/mol. The van der Waals surface area contributed by atoms with Gasteiger partial charge in [0.25, 0.3) is 0 Å². The van der Waals surface area contributed by atoms with Gasteiger partial charge in [0.05, 0.1) is 30.1 Å². The van der Waals surface area contributed by atoms with E-state index < -0.39 is 0 Å². The highest BCUT2D eigenvalue weighted by atomic mass is 17.2. The summed E-state index contributed by atoms with van der Waals surface area (Å²) in [5, 5.41) is 10.6. The molecule has 1 aliphatic rings. The zero-order valence-electron chi connectivity index (χ0n) is 9.30. The maximum atomic E-state index is 8.93. The topological polar surface area (TPSA) is 69.5 Å². The Hall–Kier alpha value is -2.07. The van der Waals surface area contributed by atoms with Gasteiger partial charge in [-0.1, -0.05) is 12.1 Å². The highest BCUT2D eigenvalue weighted by Crippen LogP contribution is 2.28. The highest BCUT2D eigenvalue weighted by molar-refractivity contribution is 5.74. The molecule has 1 aromatic rings. The van der Waals surface area contributed by atoms with Gasteiger partial charge in [-0.3, -0.25) is 5.01 Å². The van der Waals surface area contributed by atoms with Crippen LogP contribution >= 0.6 is 0 Å². The van der Waals surface area contributed by atoms with Crippen LogP contribution in [0.5, 0.6) is 0 Å². The quantitative estimate of drug-likeness (QED) is 0.463. The van der Waals surface area contributed by atoms with E-state index in [1.807, 2.05) is 30.3 Å². The van der Waals surface area contributed by atoms with Gasteiger partial charge in [0.1, 0.15) is 6.61 Å². The van der Waals surface area contributed by atoms with Crippen molar-refractivity contribution in [3.8, 4) is 6.07 Å². The van der Waals surface area contributed by atoms with Gasteiger partial charge in [0.2, 0.25) is 0 Å². The summed E-state index contributed by atoms with van der Waals surface area (Å²) in [5.41, 5.74) is 8.25. The van der Waals surface area contributed by atoms with Crippen molar-refractivity contribution in [2.24, 2.45) is 0 Å². The predicted molar refractivity (Wildman–Crippen MR) is 62.3 cm³/mol. The second-order valence-electron chi connectivity index (χ2n) is 3.32. The van der Waals surface area contributed by atoms with Crippen molar-refractivity contribution in [3.05, 3.63) is 36.0 Å². The Morgan fingerprint density at radius 3 is 3.12 bits per heavy atom. The standard InChI is InChI=1S/C11H12N4O2/c1-16-17-8-9(6-12)7-15-11-5-3-2-4-10(11)13-14-15/h2-5,7,13-14H,8H2,1H3. The second kappa shape index (κ2) is 5.32. The molecule has 0 spiro atoms. The number of hydrogen-bond donors (Lipinski definition) is 2. The Morgan fingerprint density at radius 2 is 2.35 bits per heavy atom. The van der Waals surface area contributed by atoms with E-state index in [0.717, 1.165) is 11.4 Å². The largest absolute Gasteiger partial charge is 0.301 e. The number of para-hydroxylation sites is 2. The zero-order chi connectivity index (χ0) is 12.1. The molecule has 0 radical (unpaired) electrons. The van der Waals surface area contributed by atoms with Crippen LogP contribution in [0.25, 0.3) is 0 Å². The van der Waals surface area contributed by atoms with E-state index in [1.54, 1.807) is 11.2 Å². The molecule has 0 saturated carbocycles. The third-order valence-corrected chi connectivity index (χ3v) is 2.24. The average Bonchev–Trinajstić information content (AvgIpc) is 2.78. The van der Waals surface area contributed by atoms with E-state index in [2.05, 4.69) is 15.8 Å². The van der Waals surface area contributed by atoms with Crippen molar-refractivity contribution in [1.29, 1.82) is 5.26 Å². The van der Waals surface area contributed by atoms with Gasteiger partial charge in [-0.25, -0.2) is 9.78 Å². The SMILES string of the molecule is COOCC(C#N)=CN1NNc2ccccc21. The van der Waals surface area contributed by atoms with Crippen LogP contribution in [0.2, 0.25) is 0 Å². The lowest BCUT2D eigenvalue weighted by atomic mass is 10.2. The lowest BCUT2D eigenvalue weighted by Gasteiger charge is -2.12. The van der Waals surface area contributed by atoms with Crippen LogP contribution in [0.15, 0.2) is 36.0 Å². The van der Waals surface area contributed by atoms with Gasteiger partial charge in [0.15, 0.2) is 0 Å². The number of rotatable bonds is 4. The van der Waals surface area contributed by atoms with Crippen LogP contribution in [0, 0.1) is 11.3 Å². The van der Waals surface area contributed by atoms with Crippen LogP contribution in [-0.2, 0) is 9.78 Å². The van der Waals surface area contributed by atoms with E-state index in [0.29, 0.717) is 5.57 Å². The first kappa shape index (κ1) is 11.4. The number of nitrogens with one attached hydrogen (secondary N) is 2. The monoisotopic (exact) mass is 232 g/mol. The Kier molecular flexibility index (Phi) is 3.57. The second-order valence-corrected chi connectivity index (χ2v) is 3.32. The Morgan fingerprint density at radius 1 is 1.53 bits per heavy atom. The molecule has 0 amide bonds. The molecule has 6 nitrogen and oxygen atoms in total. The fraction of sp³-hybridized carbons (Fsp3) is 0.182. The van der Waals surface area contributed by atoms with E-state index in [-0.39, 0.29) is 6.61 Å². The minimum absolute atomic E-state index is 0.105. The van der Waals surface area contributed by atoms with E-state index >= 15 is 0 Å². The van der Waals surface area contributed by atoms with Crippen molar-refractivity contribution in [1.82, 2.24) is 5.53 Å². The number of nitrogens with zero attached hydrogens (tertiary/aromatic N) is 2. The lowest BCUT2D eigenvalue weighted by molar-refractivity contribution is -0.264. The first-order valence-corrected chi connectivity index (χ1v) is 5.01.